The van der Waals surface area contributed by atoms with Crippen LogP contribution < -0.4 is 4.80 Å². The molecule has 21 heavy (non-hydrogen) atoms. The standard InChI is InChI=1S/C17H15N3S/c1-3-7-13(8-4-1)16-19-17(18-14-11-12-14)21-20(16)15-9-5-2-6-10-15/h1-10,14H,11-12H2. The van der Waals surface area contributed by atoms with Crippen LogP contribution in [0.3, 0.4) is 0 Å². The zero-order valence-electron chi connectivity index (χ0n) is 11.5. The molecule has 0 aliphatic heterocycles. The zero-order valence-corrected chi connectivity index (χ0v) is 12.3. The van der Waals surface area contributed by atoms with Crippen molar-refractivity contribution in [1.29, 1.82) is 0 Å². The lowest BCUT2D eigenvalue weighted by Gasteiger charge is -2.05. The van der Waals surface area contributed by atoms with Gasteiger partial charge in [-0.05, 0) is 36.5 Å². The Balaban J connectivity index is 1.89. The molecule has 2 aromatic carbocycles. The Morgan fingerprint density at radius 2 is 1.62 bits per heavy atom. The number of rotatable bonds is 3. The van der Waals surface area contributed by atoms with Gasteiger partial charge in [0, 0.05) is 5.56 Å². The van der Waals surface area contributed by atoms with Crippen molar-refractivity contribution in [2.75, 3.05) is 0 Å². The van der Waals surface area contributed by atoms with E-state index in [0.29, 0.717) is 6.04 Å². The molecule has 4 rings (SSSR count). The molecule has 0 amide bonds. The maximum Gasteiger partial charge on any atom is 0.223 e. The largest absolute Gasteiger partial charge is 0.253 e. The topological polar surface area (TPSA) is 30.2 Å². The van der Waals surface area contributed by atoms with Crippen LogP contribution >= 0.6 is 11.5 Å². The van der Waals surface area contributed by atoms with Crippen molar-refractivity contribution < 1.29 is 0 Å². The molecule has 0 radical (unpaired) electrons. The Labute approximate surface area is 127 Å². The molecule has 1 aliphatic rings. The Hall–Kier alpha value is -2.20. The fourth-order valence-corrected chi connectivity index (χ4v) is 3.15. The van der Waals surface area contributed by atoms with Crippen molar-refractivity contribution in [2.24, 2.45) is 4.99 Å². The second-order valence-electron chi connectivity index (χ2n) is 5.17. The minimum Gasteiger partial charge on any atom is -0.253 e. The highest BCUT2D eigenvalue weighted by molar-refractivity contribution is 7.04. The van der Waals surface area contributed by atoms with Crippen molar-refractivity contribution in [3.63, 3.8) is 0 Å². The SMILES string of the molecule is c1ccc(-c2nc(=NC3CC3)sn2-c2ccccc2)cc1. The van der Waals surface area contributed by atoms with E-state index in [1.165, 1.54) is 12.8 Å². The van der Waals surface area contributed by atoms with Crippen LogP contribution in [0.1, 0.15) is 12.8 Å². The van der Waals surface area contributed by atoms with Crippen LogP contribution in [0.5, 0.6) is 0 Å². The van der Waals surface area contributed by atoms with E-state index in [0.717, 1.165) is 21.9 Å². The van der Waals surface area contributed by atoms with Gasteiger partial charge in [-0.25, -0.2) is 3.96 Å². The first-order chi connectivity index (χ1) is 10.4. The molecule has 3 aromatic rings. The van der Waals surface area contributed by atoms with E-state index in [-0.39, 0.29) is 0 Å². The van der Waals surface area contributed by atoms with Gasteiger partial charge in [-0.3, -0.25) is 4.99 Å². The van der Waals surface area contributed by atoms with E-state index in [9.17, 15) is 0 Å². The summed E-state index contributed by atoms with van der Waals surface area (Å²) in [6, 6.07) is 21.1. The first-order valence-corrected chi connectivity index (χ1v) is 7.92. The van der Waals surface area contributed by atoms with E-state index >= 15 is 0 Å². The summed E-state index contributed by atoms with van der Waals surface area (Å²) in [6.07, 6.45) is 2.40. The Morgan fingerprint density at radius 3 is 2.29 bits per heavy atom. The minimum absolute atomic E-state index is 0.490. The van der Waals surface area contributed by atoms with Gasteiger partial charge in [0.15, 0.2) is 5.82 Å². The number of nitrogens with zero attached hydrogens (tertiary/aromatic N) is 3. The molecule has 1 aromatic heterocycles. The molecular weight excluding hydrogens is 278 g/mol. The van der Waals surface area contributed by atoms with E-state index < -0.39 is 0 Å². The summed E-state index contributed by atoms with van der Waals surface area (Å²) in [7, 11) is 0. The molecule has 4 heteroatoms. The molecule has 1 saturated carbocycles. The van der Waals surface area contributed by atoms with Gasteiger partial charge in [-0.15, -0.1) is 0 Å². The number of hydrogen-bond acceptors (Lipinski definition) is 3. The van der Waals surface area contributed by atoms with Gasteiger partial charge in [0.05, 0.1) is 11.7 Å². The summed E-state index contributed by atoms with van der Waals surface area (Å²) in [5.74, 6) is 0.964. The molecule has 0 atom stereocenters. The number of para-hydroxylation sites is 1. The third-order valence-electron chi connectivity index (χ3n) is 3.43. The Bertz CT molecular complexity index is 739. The summed E-state index contributed by atoms with van der Waals surface area (Å²) in [6.45, 7) is 0. The maximum atomic E-state index is 4.75. The van der Waals surface area contributed by atoms with Gasteiger partial charge in [0.1, 0.15) is 0 Å². The van der Waals surface area contributed by atoms with Gasteiger partial charge in [0.2, 0.25) is 4.80 Å². The van der Waals surface area contributed by atoms with Crippen LogP contribution in [0.25, 0.3) is 17.1 Å². The zero-order chi connectivity index (χ0) is 14.1. The summed E-state index contributed by atoms with van der Waals surface area (Å²) in [4.78, 5) is 10.3. The summed E-state index contributed by atoms with van der Waals surface area (Å²) in [5, 5.41) is 0. The molecule has 0 N–H and O–H groups in total. The fourth-order valence-electron chi connectivity index (χ4n) is 2.20. The number of benzene rings is 2. The van der Waals surface area contributed by atoms with E-state index in [4.69, 9.17) is 4.98 Å². The minimum atomic E-state index is 0.490. The van der Waals surface area contributed by atoms with Crippen molar-refractivity contribution in [3.05, 3.63) is 65.5 Å². The van der Waals surface area contributed by atoms with Gasteiger partial charge in [0.25, 0.3) is 0 Å². The normalized spacial score (nSPS) is 15.3. The first kappa shape index (κ1) is 12.5. The predicted molar refractivity (Wildman–Crippen MR) is 85.5 cm³/mol. The van der Waals surface area contributed by atoms with Crippen LogP contribution in [0.15, 0.2) is 65.7 Å². The van der Waals surface area contributed by atoms with Gasteiger partial charge >= 0.3 is 0 Å². The maximum absolute atomic E-state index is 4.75. The van der Waals surface area contributed by atoms with Crippen LogP contribution in [0.4, 0.5) is 0 Å². The number of aromatic nitrogens is 2. The second-order valence-corrected chi connectivity index (χ2v) is 6.08. The highest BCUT2D eigenvalue weighted by Crippen LogP contribution is 2.25. The molecule has 0 spiro atoms. The Morgan fingerprint density at radius 1 is 0.952 bits per heavy atom. The first-order valence-electron chi connectivity index (χ1n) is 7.15. The van der Waals surface area contributed by atoms with Gasteiger partial charge in [-0.1, -0.05) is 48.5 Å². The molecule has 1 heterocycles. The highest BCUT2D eigenvalue weighted by Gasteiger charge is 2.20. The summed E-state index contributed by atoms with van der Waals surface area (Å²) >= 11 is 1.61. The van der Waals surface area contributed by atoms with Crippen molar-refractivity contribution >= 4 is 11.5 Å². The summed E-state index contributed by atoms with van der Waals surface area (Å²) < 4.78 is 2.16. The van der Waals surface area contributed by atoms with Crippen LogP contribution in [0, 0.1) is 0 Å². The van der Waals surface area contributed by atoms with E-state index in [1.807, 2.05) is 24.3 Å². The second kappa shape index (κ2) is 5.30. The average molecular weight is 293 g/mol. The van der Waals surface area contributed by atoms with E-state index in [1.54, 1.807) is 11.5 Å². The smallest absolute Gasteiger partial charge is 0.223 e. The monoisotopic (exact) mass is 293 g/mol. The van der Waals surface area contributed by atoms with Crippen molar-refractivity contribution in [3.8, 4) is 17.1 Å². The molecule has 1 fully saturated rings. The molecular formula is C17H15N3S. The lowest BCUT2D eigenvalue weighted by molar-refractivity contribution is 0.987. The predicted octanol–water partition coefficient (Wildman–Crippen LogP) is 3.66. The molecule has 0 bridgehead atoms. The number of hydrogen-bond donors (Lipinski definition) is 0. The van der Waals surface area contributed by atoms with Crippen LogP contribution in [-0.4, -0.2) is 15.0 Å². The van der Waals surface area contributed by atoms with Crippen LogP contribution in [-0.2, 0) is 0 Å². The van der Waals surface area contributed by atoms with Crippen LogP contribution in [0.2, 0.25) is 0 Å². The summed E-state index contributed by atoms with van der Waals surface area (Å²) in [5.41, 5.74) is 2.25. The van der Waals surface area contributed by atoms with Gasteiger partial charge < -0.3 is 0 Å². The quantitative estimate of drug-likeness (QED) is 0.724. The Kier molecular flexibility index (Phi) is 3.16. The lowest BCUT2D eigenvalue weighted by Crippen LogP contribution is -1.99. The van der Waals surface area contributed by atoms with Crippen molar-refractivity contribution in [1.82, 2.24) is 8.94 Å². The molecule has 0 saturated heterocycles. The molecule has 3 nitrogen and oxygen atoms in total. The van der Waals surface area contributed by atoms with E-state index in [2.05, 4.69) is 45.3 Å². The fraction of sp³-hybridized carbons (Fsp3) is 0.176. The lowest BCUT2D eigenvalue weighted by atomic mass is 10.2. The molecule has 1 aliphatic carbocycles. The highest BCUT2D eigenvalue weighted by atomic mass is 32.1. The third-order valence-corrected chi connectivity index (χ3v) is 4.36. The van der Waals surface area contributed by atoms with Gasteiger partial charge in [-0.2, -0.15) is 4.98 Å². The molecule has 104 valence electrons. The average Bonchev–Trinajstić information content (AvgIpc) is 3.26. The third kappa shape index (κ3) is 2.67. The van der Waals surface area contributed by atoms with Crippen molar-refractivity contribution in [2.45, 2.75) is 18.9 Å². The molecule has 0 unspecified atom stereocenters.